The van der Waals surface area contributed by atoms with E-state index in [1.54, 1.807) is 5.57 Å². The van der Waals surface area contributed by atoms with Crippen molar-refractivity contribution >= 4 is 0 Å². The first-order chi connectivity index (χ1) is 15.0. The van der Waals surface area contributed by atoms with Gasteiger partial charge in [-0.3, -0.25) is 0 Å². The number of hydrogen-bond acceptors (Lipinski definition) is 2. The molecule has 0 bridgehead atoms. The summed E-state index contributed by atoms with van der Waals surface area (Å²) >= 11 is 0. The molecule has 1 fully saturated rings. The molecule has 3 heteroatoms. The molecule has 1 aromatic rings. The highest BCUT2D eigenvalue weighted by molar-refractivity contribution is 5.17. The second-order valence-corrected chi connectivity index (χ2v) is 13.4. The zero-order chi connectivity index (χ0) is 25.4. The van der Waals surface area contributed by atoms with Crippen molar-refractivity contribution in [2.24, 2.45) is 23.8 Å². The molecule has 0 radical (unpaired) electrons. The number of hydrogen-bond donors (Lipinski definition) is 0. The maximum Gasteiger partial charge on any atom is 0.168 e. The highest BCUT2D eigenvalue weighted by Crippen LogP contribution is 2.33. The molecule has 2 aliphatic heterocycles. The normalized spacial score (nSPS) is 19.1. The van der Waals surface area contributed by atoms with Gasteiger partial charge < -0.3 is 9.80 Å². The number of pyridine rings is 1. The lowest BCUT2D eigenvalue weighted by Crippen LogP contribution is -2.35. The predicted octanol–water partition coefficient (Wildman–Crippen LogP) is 6.48. The lowest BCUT2D eigenvalue weighted by atomic mass is 9.75. The number of likely N-dealkylation sites (N-methyl/N-ethyl adjacent to an activating group) is 1. The van der Waals surface area contributed by atoms with Gasteiger partial charge in [0, 0.05) is 25.2 Å². The van der Waals surface area contributed by atoms with Crippen molar-refractivity contribution in [1.82, 2.24) is 9.80 Å². The maximum absolute atomic E-state index is 2.43. The highest BCUT2D eigenvalue weighted by atomic mass is 15.1. The fourth-order valence-corrected chi connectivity index (χ4v) is 4.33. The van der Waals surface area contributed by atoms with Crippen LogP contribution in [0.4, 0.5) is 0 Å². The van der Waals surface area contributed by atoms with E-state index in [1.165, 1.54) is 44.5 Å². The summed E-state index contributed by atoms with van der Waals surface area (Å²) in [5.41, 5.74) is 4.20. The van der Waals surface area contributed by atoms with Crippen LogP contribution >= 0.6 is 0 Å². The number of aryl methyl sites for hydroxylation is 1. The third-order valence-electron chi connectivity index (χ3n) is 7.16. The maximum atomic E-state index is 2.43. The van der Waals surface area contributed by atoms with E-state index in [0.717, 1.165) is 12.5 Å². The van der Waals surface area contributed by atoms with Crippen LogP contribution in [0.1, 0.15) is 87.1 Å². The summed E-state index contributed by atoms with van der Waals surface area (Å²) in [6.45, 7) is 25.6. The Hall–Kier alpha value is -1.19. The van der Waals surface area contributed by atoms with Gasteiger partial charge in [0.1, 0.15) is 7.05 Å². The summed E-state index contributed by atoms with van der Waals surface area (Å²) in [6, 6.07) is 4.33. The van der Waals surface area contributed by atoms with Crippen LogP contribution in [0.2, 0.25) is 0 Å². The number of aromatic nitrogens is 1. The zero-order valence-electron chi connectivity index (χ0n) is 24.3. The molecule has 33 heavy (non-hydrogen) atoms. The van der Waals surface area contributed by atoms with Crippen molar-refractivity contribution in [2.75, 3.05) is 40.3 Å². The monoisotopic (exact) mass is 458 g/mol. The van der Waals surface area contributed by atoms with Crippen LogP contribution in [0, 0.1) is 16.7 Å². The van der Waals surface area contributed by atoms with Crippen molar-refractivity contribution in [3.05, 3.63) is 41.7 Å². The van der Waals surface area contributed by atoms with Crippen LogP contribution in [0.5, 0.6) is 0 Å². The Balaban J connectivity index is 0.000000247. The van der Waals surface area contributed by atoms with Gasteiger partial charge in [-0.2, -0.15) is 0 Å². The van der Waals surface area contributed by atoms with Gasteiger partial charge in [-0.1, -0.05) is 74.0 Å². The number of likely N-dealkylation sites (tertiary alicyclic amines) is 1. The number of piperidine rings is 1. The van der Waals surface area contributed by atoms with Gasteiger partial charge in [0.2, 0.25) is 0 Å². The Labute approximate surface area is 207 Å². The summed E-state index contributed by atoms with van der Waals surface area (Å²) in [6.07, 6.45) is 10.6. The summed E-state index contributed by atoms with van der Waals surface area (Å²) < 4.78 is 2.05. The molecule has 0 aromatic carbocycles. The smallest absolute Gasteiger partial charge is 0.168 e. The minimum absolute atomic E-state index is 0.272. The predicted molar refractivity (Wildman–Crippen MR) is 146 cm³/mol. The van der Waals surface area contributed by atoms with Gasteiger partial charge in [-0.25, -0.2) is 4.57 Å². The summed E-state index contributed by atoms with van der Waals surface area (Å²) in [5.74, 6) is 0.943. The average molecular weight is 459 g/mol. The molecule has 2 aliphatic rings. The minimum Gasteiger partial charge on any atom is -0.306 e. The Morgan fingerprint density at radius 2 is 1.27 bits per heavy atom. The first kappa shape index (κ1) is 29.8. The van der Waals surface area contributed by atoms with Crippen molar-refractivity contribution in [1.29, 1.82) is 0 Å². The van der Waals surface area contributed by atoms with E-state index >= 15 is 0 Å². The van der Waals surface area contributed by atoms with E-state index in [9.17, 15) is 0 Å². The van der Waals surface area contributed by atoms with E-state index in [-0.39, 0.29) is 5.41 Å². The van der Waals surface area contributed by atoms with Crippen LogP contribution in [0.15, 0.2) is 36.2 Å². The quantitative estimate of drug-likeness (QED) is 0.325. The summed E-state index contributed by atoms with van der Waals surface area (Å²) in [5, 5.41) is 0. The van der Waals surface area contributed by atoms with Crippen LogP contribution in [0.3, 0.4) is 0 Å². The Kier molecular flexibility index (Phi) is 11.3. The molecule has 1 aromatic heterocycles. The fourth-order valence-electron chi connectivity index (χ4n) is 4.33. The van der Waals surface area contributed by atoms with E-state index in [0.29, 0.717) is 10.8 Å². The third-order valence-corrected chi connectivity index (χ3v) is 7.16. The SMILES string of the molecule is CN1CC=C(C(C)(C)C)CC1.CN1CCC(C(C)(C)C)CC1.C[n+]1ccc(C(C)(C)C)cc1. The van der Waals surface area contributed by atoms with Crippen LogP contribution < -0.4 is 4.57 Å². The largest absolute Gasteiger partial charge is 0.306 e. The van der Waals surface area contributed by atoms with E-state index in [2.05, 4.69) is 121 Å². The fraction of sp³-hybridized carbons (Fsp3) is 0.767. The standard InChI is InChI=1S/C10H21N.C10H19N.C10H16N/c3*1-10(2,3)9-5-7-11(4)8-6-9/h9H,5-8H2,1-4H3;5H,6-8H2,1-4H3;5-8H,1-4H3/q;;+1. The minimum atomic E-state index is 0.272. The second kappa shape index (κ2) is 12.5. The molecule has 0 N–H and O–H groups in total. The van der Waals surface area contributed by atoms with Gasteiger partial charge in [-0.05, 0) is 74.2 Å². The van der Waals surface area contributed by atoms with Crippen molar-refractivity contribution in [3.8, 4) is 0 Å². The lowest BCUT2D eigenvalue weighted by Gasteiger charge is -2.37. The van der Waals surface area contributed by atoms with E-state index in [4.69, 9.17) is 0 Å². The molecule has 0 saturated carbocycles. The Morgan fingerprint density at radius 3 is 1.64 bits per heavy atom. The first-order valence-corrected chi connectivity index (χ1v) is 13.0. The second-order valence-electron chi connectivity index (χ2n) is 13.4. The van der Waals surface area contributed by atoms with Gasteiger partial charge in [0.15, 0.2) is 12.4 Å². The van der Waals surface area contributed by atoms with E-state index in [1.807, 2.05) is 7.05 Å². The molecule has 190 valence electrons. The Morgan fingerprint density at radius 1 is 0.758 bits per heavy atom. The highest BCUT2D eigenvalue weighted by Gasteiger charge is 2.27. The number of rotatable bonds is 0. The topological polar surface area (TPSA) is 10.4 Å². The molecule has 0 amide bonds. The van der Waals surface area contributed by atoms with E-state index < -0.39 is 0 Å². The summed E-state index contributed by atoms with van der Waals surface area (Å²) in [7, 11) is 6.43. The van der Waals surface area contributed by atoms with Gasteiger partial charge in [-0.15, -0.1) is 0 Å². The third kappa shape index (κ3) is 11.7. The van der Waals surface area contributed by atoms with Crippen LogP contribution in [-0.4, -0.2) is 50.1 Å². The average Bonchev–Trinajstić information content (AvgIpc) is 2.68. The van der Waals surface area contributed by atoms with Crippen LogP contribution in [0.25, 0.3) is 0 Å². The van der Waals surface area contributed by atoms with Gasteiger partial charge >= 0.3 is 0 Å². The molecule has 3 nitrogen and oxygen atoms in total. The zero-order valence-corrected chi connectivity index (χ0v) is 24.3. The molecular weight excluding hydrogens is 402 g/mol. The van der Waals surface area contributed by atoms with Crippen molar-refractivity contribution < 1.29 is 4.57 Å². The number of nitrogens with zero attached hydrogens (tertiary/aromatic N) is 3. The molecule has 0 spiro atoms. The first-order valence-electron chi connectivity index (χ1n) is 13.0. The molecular formula is C30H56N3+. The van der Waals surface area contributed by atoms with Gasteiger partial charge in [0.25, 0.3) is 0 Å². The molecule has 3 heterocycles. The Bertz CT molecular complexity index is 703. The molecule has 0 atom stereocenters. The van der Waals surface area contributed by atoms with Gasteiger partial charge in [0.05, 0.1) is 0 Å². The van der Waals surface area contributed by atoms with Crippen LogP contribution in [-0.2, 0) is 12.5 Å². The lowest BCUT2D eigenvalue weighted by molar-refractivity contribution is -0.671. The molecule has 1 saturated heterocycles. The molecule has 0 unspecified atom stereocenters. The van der Waals surface area contributed by atoms with Crippen molar-refractivity contribution in [2.45, 2.75) is 87.0 Å². The molecule has 3 rings (SSSR count). The van der Waals surface area contributed by atoms with Crippen molar-refractivity contribution in [3.63, 3.8) is 0 Å². The molecule has 0 aliphatic carbocycles. The summed E-state index contributed by atoms with van der Waals surface area (Å²) in [4.78, 5) is 4.79.